The maximum Gasteiger partial charge on any atom is 0.251 e. The zero-order chi connectivity index (χ0) is 21.1. The van der Waals surface area contributed by atoms with Gasteiger partial charge in [0.2, 0.25) is 0 Å². The number of H-pyrrole nitrogens is 1. The van der Waals surface area contributed by atoms with Gasteiger partial charge >= 0.3 is 0 Å². The Morgan fingerprint density at radius 2 is 2.03 bits per heavy atom. The molecule has 1 atom stereocenters. The van der Waals surface area contributed by atoms with Gasteiger partial charge in [-0.3, -0.25) is 9.89 Å². The molecule has 2 N–H and O–H groups in total. The molecule has 8 heteroatoms. The van der Waals surface area contributed by atoms with Crippen molar-refractivity contribution in [3.8, 4) is 11.1 Å². The van der Waals surface area contributed by atoms with Gasteiger partial charge in [-0.05, 0) is 49.2 Å². The van der Waals surface area contributed by atoms with Crippen LogP contribution in [0.5, 0.6) is 0 Å². The first-order valence-corrected chi connectivity index (χ1v) is 9.92. The Hall–Kier alpha value is -3.26. The molecule has 156 valence electrons. The molecule has 1 amide bonds. The van der Waals surface area contributed by atoms with Crippen LogP contribution in [0.4, 0.5) is 10.1 Å². The second kappa shape index (κ2) is 8.62. The number of aromatic amines is 1. The molecular weight excluding hydrogens is 385 g/mol. The topological polar surface area (TPSA) is 83.1 Å². The summed E-state index contributed by atoms with van der Waals surface area (Å²) in [7, 11) is 0. The van der Waals surface area contributed by atoms with Crippen molar-refractivity contribution in [2.75, 3.05) is 31.2 Å². The fourth-order valence-electron chi connectivity index (χ4n) is 3.53. The van der Waals surface area contributed by atoms with Gasteiger partial charge in [-0.15, -0.1) is 0 Å². The van der Waals surface area contributed by atoms with Crippen molar-refractivity contribution in [3.05, 3.63) is 65.5 Å². The van der Waals surface area contributed by atoms with Crippen LogP contribution in [0.3, 0.4) is 0 Å². The number of ether oxygens (including phenoxy) is 1. The number of aromatic nitrogens is 3. The highest BCUT2D eigenvalue weighted by molar-refractivity contribution is 5.97. The monoisotopic (exact) mass is 409 g/mol. The summed E-state index contributed by atoms with van der Waals surface area (Å²) >= 11 is 0. The van der Waals surface area contributed by atoms with Crippen molar-refractivity contribution in [1.29, 1.82) is 0 Å². The lowest BCUT2D eigenvalue weighted by Gasteiger charge is -2.29. The fraction of sp³-hybridized carbons (Fsp3) is 0.318. The second-order valence-electron chi connectivity index (χ2n) is 7.40. The highest BCUT2D eigenvalue weighted by Crippen LogP contribution is 2.30. The van der Waals surface area contributed by atoms with Crippen molar-refractivity contribution >= 4 is 11.6 Å². The van der Waals surface area contributed by atoms with E-state index in [2.05, 4.69) is 25.4 Å². The minimum absolute atomic E-state index is 0.267. The molecular formula is C22H24FN5O2. The van der Waals surface area contributed by atoms with Crippen LogP contribution in [0.15, 0.2) is 42.7 Å². The third-order valence-electron chi connectivity index (χ3n) is 5.16. The lowest BCUT2D eigenvalue weighted by atomic mass is 9.99. The van der Waals surface area contributed by atoms with Gasteiger partial charge < -0.3 is 15.0 Å². The van der Waals surface area contributed by atoms with Gasteiger partial charge in [-0.1, -0.05) is 12.1 Å². The van der Waals surface area contributed by atoms with E-state index < -0.39 is 0 Å². The summed E-state index contributed by atoms with van der Waals surface area (Å²) in [5.74, 6) is -0.0803. The normalized spacial score (nSPS) is 15.1. The van der Waals surface area contributed by atoms with Crippen molar-refractivity contribution in [3.63, 3.8) is 0 Å². The molecule has 1 fully saturated rings. The molecule has 3 aromatic rings. The van der Waals surface area contributed by atoms with Gasteiger partial charge in [0, 0.05) is 29.9 Å². The first-order chi connectivity index (χ1) is 14.5. The third-order valence-corrected chi connectivity index (χ3v) is 5.16. The Labute approximate surface area is 174 Å². The summed E-state index contributed by atoms with van der Waals surface area (Å²) in [6, 6.07) is 10.2. The molecule has 0 bridgehead atoms. The van der Waals surface area contributed by atoms with Gasteiger partial charge in [-0.25, -0.2) is 9.37 Å². The summed E-state index contributed by atoms with van der Waals surface area (Å²) < 4.78 is 20.1. The van der Waals surface area contributed by atoms with E-state index >= 15 is 0 Å². The molecule has 7 nitrogen and oxygen atoms in total. The molecule has 1 aliphatic rings. The molecule has 1 aromatic heterocycles. The molecule has 0 aliphatic carbocycles. The van der Waals surface area contributed by atoms with Gasteiger partial charge in [0.1, 0.15) is 12.1 Å². The van der Waals surface area contributed by atoms with Crippen LogP contribution in [0, 0.1) is 12.7 Å². The summed E-state index contributed by atoms with van der Waals surface area (Å²) in [5.41, 5.74) is 3.29. The first kappa shape index (κ1) is 20.0. The number of rotatable bonds is 5. The average Bonchev–Trinajstić information content (AvgIpc) is 3.29. The van der Waals surface area contributed by atoms with Gasteiger partial charge in [0.05, 0.1) is 19.3 Å². The minimum atomic E-state index is -0.365. The molecule has 30 heavy (non-hydrogen) atoms. The molecule has 2 aromatic carbocycles. The molecule has 2 heterocycles. The molecule has 0 spiro atoms. The van der Waals surface area contributed by atoms with E-state index in [0.717, 1.165) is 11.3 Å². The van der Waals surface area contributed by atoms with E-state index in [1.807, 2.05) is 32.0 Å². The lowest BCUT2D eigenvalue weighted by molar-refractivity contribution is 0.0938. The number of nitrogens with zero attached hydrogens (tertiary/aromatic N) is 3. The van der Waals surface area contributed by atoms with Gasteiger partial charge in [0.25, 0.3) is 5.91 Å². The molecule has 0 saturated carbocycles. The number of aryl methyl sites for hydroxylation is 1. The van der Waals surface area contributed by atoms with E-state index in [0.29, 0.717) is 48.8 Å². The van der Waals surface area contributed by atoms with E-state index in [9.17, 15) is 9.18 Å². The van der Waals surface area contributed by atoms with Crippen molar-refractivity contribution in [2.45, 2.75) is 19.9 Å². The van der Waals surface area contributed by atoms with Crippen LogP contribution in [0.25, 0.3) is 11.1 Å². The van der Waals surface area contributed by atoms with Crippen molar-refractivity contribution in [2.24, 2.45) is 0 Å². The largest absolute Gasteiger partial charge is 0.378 e. The number of hydrogen-bond acceptors (Lipinski definition) is 5. The van der Waals surface area contributed by atoms with Crippen LogP contribution >= 0.6 is 0 Å². The fourth-order valence-corrected chi connectivity index (χ4v) is 3.53. The van der Waals surface area contributed by atoms with E-state index in [1.165, 1.54) is 12.4 Å². The number of hydrogen-bond donors (Lipinski definition) is 2. The number of amides is 1. The first-order valence-electron chi connectivity index (χ1n) is 9.92. The summed E-state index contributed by atoms with van der Waals surface area (Å²) in [4.78, 5) is 19.2. The molecule has 0 radical (unpaired) electrons. The Morgan fingerprint density at radius 3 is 2.73 bits per heavy atom. The quantitative estimate of drug-likeness (QED) is 0.676. The predicted octanol–water partition coefficient (Wildman–Crippen LogP) is 3.25. The number of carbonyl (C=O) groups is 1. The smallest absolute Gasteiger partial charge is 0.251 e. The van der Waals surface area contributed by atoms with Crippen LogP contribution in [0.2, 0.25) is 0 Å². The minimum Gasteiger partial charge on any atom is -0.378 e. The Kier molecular flexibility index (Phi) is 5.76. The average molecular weight is 409 g/mol. The van der Waals surface area contributed by atoms with Crippen LogP contribution in [-0.2, 0) is 4.74 Å². The zero-order valence-corrected chi connectivity index (χ0v) is 17.0. The SMILES string of the molecule is Cc1ccc(-c2cc(C(=O)NC(C)c3nc[nH]n3)cc(N3CCOCC3)c2)c(F)c1. The summed E-state index contributed by atoms with van der Waals surface area (Å²) in [6.07, 6.45) is 1.47. The summed E-state index contributed by atoms with van der Waals surface area (Å²) in [6.45, 7) is 6.33. The zero-order valence-electron chi connectivity index (χ0n) is 17.0. The molecule has 1 aliphatic heterocycles. The highest BCUT2D eigenvalue weighted by Gasteiger charge is 2.19. The standard InChI is InChI=1S/C22H24FN5O2/c1-14-3-4-19(20(23)9-14)16-10-17(12-18(11-16)28-5-7-30-8-6-28)22(29)26-15(2)21-24-13-25-27-21/h3-4,9-13,15H,5-8H2,1-2H3,(H,26,29)(H,24,25,27). The number of carbonyl (C=O) groups excluding carboxylic acids is 1. The molecule has 1 saturated heterocycles. The number of anilines is 1. The lowest BCUT2D eigenvalue weighted by Crippen LogP contribution is -2.36. The predicted molar refractivity (Wildman–Crippen MR) is 112 cm³/mol. The second-order valence-corrected chi connectivity index (χ2v) is 7.40. The third kappa shape index (κ3) is 4.33. The Bertz CT molecular complexity index is 1030. The highest BCUT2D eigenvalue weighted by atomic mass is 19.1. The van der Waals surface area contributed by atoms with Crippen LogP contribution in [-0.4, -0.2) is 47.4 Å². The number of nitrogens with one attached hydrogen (secondary N) is 2. The van der Waals surface area contributed by atoms with Crippen molar-refractivity contribution in [1.82, 2.24) is 20.5 Å². The van der Waals surface area contributed by atoms with Crippen LogP contribution < -0.4 is 10.2 Å². The number of benzene rings is 2. The molecule has 1 unspecified atom stereocenters. The van der Waals surface area contributed by atoms with E-state index in [1.54, 1.807) is 12.1 Å². The maximum atomic E-state index is 14.7. The van der Waals surface area contributed by atoms with Crippen LogP contribution in [0.1, 0.15) is 34.7 Å². The Balaban J connectivity index is 1.70. The number of morpholine rings is 1. The van der Waals surface area contributed by atoms with Crippen molar-refractivity contribution < 1.29 is 13.9 Å². The maximum absolute atomic E-state index is 14.7. The van der Waals surface area contributed by atoms with Gasteiger partial charge in [-0.2, -0.15) is 5.10 Å². The molecule has 4 rings (SSSR count). The van der Waals surface area contributed by atoms with E-state index in [4.69, 9.17) is 4.74 Å². The Morgan fingerprint density at radius 1 is 1.23 bits per heavy atom. The summed E-state index contributed by atoms with van der Waals surface area (Å²) in [5, 5.41) is 9.57. The van der Waals surface area contributed by atoms with Gasteiger partial charge in [0.15, 0.2) is 5.82 Å². The number of halogens is 1. The van der Waals surface area contributed by atoms with E-state index in [-0.39, 0.29) is 17.8 Å².